The number of morpholine rings is 1. The van der Waals surface area contributed by atoms with Crippen molar-refractivity contribution in [1.29, 1.82) is 0 Å². The lowest BCUT2D eigenvalue weighted by atomic mass is 9.87. The summed E-state index contributed by atoms with van der Waals surface area (Å²) in [6.07, 6.45) is 4.85. The Hall–Kier alpha value is -1.69. The molecule has 2 saturated heterocycles. The Kier molecular flexibility index (Phi) is 6.83. The van der Waals surface area contributed by atoms with Crippen LogP contribution in [-0.4, -0.2) is 72.9 Å². The second-order valence-corrected chi connectivity index (χ2v) is 7.41. The van der Waals surface area contributed by atoms with Crippen LogP contribution in [0.25, 0.3) is 0 Å². The van der Waals surface area contributed by atoms with Crippen LogP contribution in [0.4, 0.5) is 0 Å². The summed E-state index contributed by atoms with van der Waals surface area (Å²) in [4.78, 5) is 16.4. The van der Waals surface area contributed by atoms with E-state index in [0.29, 0.717) is 13.1 Å². The van der Waals surface area contributed by atoms with Crippen LogP contribution in [0.3, 0.4) is 0 Å². The number of amides is 1. The van der Waals surface area contributed by atoms with Gasteiger partial charge < -0.3 is 14.7 Å². The van der Waals surface area contributed by atoms with Crippen molar-refractivity contribution in [2.24, 2.45) is 5.92 Å². The zero-order valence-electron chi connectivity index (χ0n) is 15.6. The van der Waals surface area contributed by atoms with Crippen LogP contribution in [0.15, 0.2) is 36.4 Å². The molecule has 2 fully saturated rings. The first kappa shape index (κ1) is 19.1. The van der Waals surface area contributed by atoms with Crippen molar-refractivity contribution < 1.29 is 14.6 Å². The average molecular weight is 358 g/mol. The summed E-state index contributed by atoms with van der Waals surface area (Å²) in [6.45, 7) is 7.38. The minimum Gasteiger partial charge on any atom is -0.391 e. The Balaban J connectivity index is 1.45. The van der Waals surface area contributed by atoms with Gasteiger partial charge in [-0.25, -0.2) is 0 Å². The van der Waals surface area contributed by atoms with Gasteiger partial charge in [-0.05, 0) is 31.2 Å². The Morgan fingerprint density at radius 3 is 2.85 bits per heavy atom. The Morgan fingerprint density at radius 2 is 2.12 bits per heavy atom. The summed E-state index contributed by atoms with van der Waals surface area (Å²) in [5.41, 5.74) is 2.51. The number of aliphatic hydroxyl groups excluding tert-OH is 1. The van der Waals surface area contributed by atoms with Gasteiger partial charge in [0.15, 0.2) is 0 Å². The number of rotatable bonds is 5. The lowest BCUT2D eigenvalue weighted by Crippen LogP contribution is -2.46. The number of carbonyl (C=O) groups is 1. The first-order valence-electron chi connectivity index (χ1n) is 9.61. The molecule has 1 aromatic rings. The van der Waals surface area contributed by atoms with E-state index in [1.165, 1.54) is 11.1 Å². The largest absolute Gasteiger partial charge is 0.391 e. The summed E-state index contributed by atoms with van der Waals surface area (Å²) < 4.78 is 5.32. The van der Waals surface area contributed by atoms with E-state index >= 15 is 0 Å². The Labute approximate surface area is 156 Å². The number of likely N-dealkylation sites (tertiary alicyclic amines) is 1. The summed E-state index contributed by atoms with van der Waals surface area (Å²) in [7, 11) is 0. The molecule has 1 N–H and O–H groups in total. The van der Waals surface area contributed by atoms with Crippen LogP contribution in [0.5, 0.6) is 0 Å². The average Bonchev–Trinajstić information content (AvgIpc) is 2.64. The minimum atomic E-state index is -0.458. The molecular formula is C21H30N2O3. The van der Waals surface area contributed by atoms with Gasteiger partial charge in [-0.3, -0.25) is 9.69 Å². The van der Waals surface area contributed by atoms with Crippen LogP contribution in [0.1, 0.15) is 17.5 Å². The van der Waals surface area contributed by atoms with Crippen molar-refractivity contribution in [2.45, 2.75) is 25.9 Å². The number of carbonyl (C=O) groups excluding carboxylic acids is 1. The zero-order chi connectivity index (χ0) is 18.4. The summed E-state index contributed by atoms with van der Waals surface area (Å²) >= 11 is 0. The standard InChI is InChI=1S/C21H30N2O3/c1-17-4-2-5-18(14-17)15-19-7-9-23(16-20(19)24)21(25)6-3-8-22-10-12-26-13-11-22/h2-6,14,19-20,24H,7-13,15-16H2,1H3/t19-,20-/m1/s1. The van der Waals surface area contributed by atoms with Gasteiger partial charge in [0, 0.05) is 38.8 Å². The third-order valence-corrected chi connectivity index (χ3v) is 5.34. The van der Waals surface area contributed by atoms with E-state index < -0.39 is 6.10 Å². The maximum absolute atomic E-state index is 12.4. The van der Waals surface area contributed by atoms with E-state index in [4.69, 9.17) is 4.74 Å². The number of aryl methyl sites for hydroxylation is 1. The van der Waals surface area contributed by atoms with Gasteiger partial charge in [-0.1, -0.05) is 35.9 Å². The second-order valence-electron chi connectivity index (χ2n) is 7.41. The van der Waals surface area contributed by atoms with Crippen LogP contribution in [-0.2, 0) is 16.0 Å². The van der Waals surface area contributed by atoms with Crippen molar-refractivity contribution >= 4 is 5.91 Å². The van der Waals surface area contributed by atoms with E-state index in [9.17, 15) is 9.90 Å². The van der Waals surface area contributed by atoms with Gasteiger partial charge in [0.05, 0.1) is 19.3 Å². The van der Waals surface area contributed by atoms with Crippen LogP contribution in [0.2, 0.25) is 0 Å². The fourth-order valence-corrected chi connectivity index (χ4v) is 3.75. The van der Waals surface area contributed by atoms with Crippen molar-refractivity contribution in [2.75, 3.05) is 45.9 Å². The summed E-state index contributed by atoms with van der Waals surface area (Å²) in [5, 5.41) is 10.5. The quantitative estimate of drug-likeness (QED) is 0.813. The molecule has 26 heavy (non-hydrogen) atoms. The number of aliphatic hydroxyl groups is 1. The molecule has 2 aliphatic rings. The predicted molar refractivity (Wildman–Crippen MR) is 102 cm³/mol. The molecule has 1 aromatic carbocycles. The molecule has 2 heterocycles. The van der Waals surface area contributed by atoms with E-state index in [-0.39, 0.29) is 11.8 Å². The number of nitrogens with zero attached hydrogens (tertiary/aromatic N) is 2. The molecule has 0 spiro atoms. The molecule has 0 unspecified atom stereocenters. The molecule has 0 aromatic heterocycles. The highest BCUT2D eigenvalue weighted by atomic mass is 16.5. The molecule has 3 rings (SSSR count). The molecule has 0 saturated carbocycles. The lowest BCUT2D eigenvalue weighted by Gasteiger charge is -2.35. The summed E-state index contributed by atoms with van der Waals surface area (Å²) in [5.74, 6) is 0.226. The number of ether oxygens (including phenoxy) is 1. The van der Waals surface area contributed by atoms with Crippen molar-refractivity contribution in [1.82, 2.24) is 9.80 Å². The maximum Gasteiger partial charge on any atom is 0.246 e. The number of piperidine rings is 1. The number of β-amino-alcohol motifs (C(OH)–C–C–N with tert-alkyl or cyclic N) is 1. The fraction of sp³-hybridized carbons (Fsp3) is 0.571. The molecule has 142 valence electrons. The molecule has 1 amide bonds. The fourth-order valence-electron chi connectivity index (χ4n) is 3.75. The monoisotopic (exact) mass is 358 g/mol. The molecule has 5 heteroatoms. The molecule has 0 aliphatic carbocycles. The Bertz CT molecular complexity index is 625. The van der Waals surface area contributed by atoms with E-state index in [1.807, 2.05) is 6.08 Å². The van der Waals surface area contributed by atoms with Crippen LogP contribution < -0.4 is 0 Å². The normalized spacial score (nSPS) is 24.9. The van der Waals surface area contributed by atoms with Gasteiger partial charge in [0.1, 0.15) is 0 Å². The predicted octanol–water partition coefficient (Wildman–Crippen LogP) is 1.64. The highest BCUT2D eigenvalue weighted by Gasteiger charge is 2.29. The van der Waals surface area contributed by atoms with Crippen LogP contribution in [0, 0.1) is 12.8 Å². The third kappa shape index (κ3) is 5.40. The van der Waals surface area contributed by atoms with Gasteiger partial charge in [0.2, 0.25) is 5.91 Å². The minimum absolute atomic E-state index is 0.00585. The molecule has 5 nitrogen and oxygen atoms in total. The first-order chi connectivity index (χ1) is 12.6. The maximum atomic E-state index is 12.4. The number of hydrogen-bond donors (Lipinski definition) is 1. The van der Waals surface area contributed by atoms with Gasteiger partial charge in [-0.2, -0.15) is 0 Å². The first-order valence-corrected chi connectivity index (χ1v) is 9.61. The van der Waals surface area contributed by atoms with Crippen molar-refractivity contribution in [3.05, 3.63) is 47.5 Å². The lowest BCUT2D eigenvalue weighted by molar-refractivity contribution is -0.130. The second kappa shape index (κ2) is 9.31. The van der Waals surface area contributed by atoms with Crippen molar-refractivity contribution in [3.8, 4) is 0 Å². The molecule has 0 radical (unpaired) electrons. The van der Waals surface area contributed by atoms with Gasteiger partial charge in [-0.15, -0.1) is 0 Å². The van der Waals surface area contributed by atoms with E-state index in [0.717, 1.165) is 45.7 Å². The molecular weight excluding hydrogens is 328 g/mol. The third-order valence-electron chi connectivity index (χ3n) is 5.34. The number of hydrogen-bond acceptors (Lipinski definition) is 4. The Morgan fingerprint density at radius 1 is 1.31 bits per heavy atom. The smallest absolute Gasteiger partial charge is 0.246 e. The van der Waals surface area contributed by atoms with E-state index in [2.05, 4.69) is 36.1 Å². The number of benzene rings is 1. The zero-order valence-corrected chi connectivity index (χ0v) is 15.6. The highest BCUT2D eigenvalue weighted by Crippen LogP contribution is 2.23. The highest BCUT2D eigenvalue weighted by molar-refractivity contribution is 5.87. The van der Waals surface area contributed by atoms with E-state index in [1.54, 1.807) is 11.0 Å². The summed E-state index contributed by atoms with van der Waals surface area (Å²) in [6, 6.07) is 8.45. The molecule has 0 bridgehead atoms. The van der Waals surface area contributed by atoms with Crippen molar-refractivity contribution in [3.63, 3.8) is 0 Å². The molecule has 2 atom stereocenters. The molecule has 2 aliphatic heterocycles. The van der Waals surface area contributed by atoms with Gasteiger partial charge >= 0.3 is 0 Å². The SMILES string of the molecule is Cc1cccc(C[C@H]2CCN(C(=O)C=CCN3CCOCC3)C[C@H]2O)c1. The van der Waals surface area contributed by atoms with Gasteiger partial charge in [0.25, 0.3) is 0 Å². The van der Waals surface area contributed by atoms with Crippen LogP contribution >= 0.6 is 0 Å². The topological polar surface area (TPSA) is 53.0 Å².